The number of thiocyanates is 1. The molecule has 0 heterocycles. The number of nitriles is 1. The van der Waals surface area contributed by atoms with E-state index in [1.807, 2.05) is 0 Å². The molecule has 0 aliphatic carbocycles. The van der Waals surface area contributed by atoms with Gasteiger partial charge in [-0.1, -0.05) is 12.6 Å². The summed E-state index contributed by atoms with van der Waals surface area (Å²) in [5.74, 6) is 0. The Kier molecular flexibility index (Phi) is 21.8. The second-order valence-electron chi connectivity index (χ2n) is 0.100. The predicted octanol–water partition coefficient (Wildman–Crippen LogP) is -0.251. The van der Waals surface area contributed by atoms with Crippen LogP contribution in [0.25, 0.3) is 0 Å². The second-order valence-corrected chi connectivity index (χ2v) is 0.300. The van der Waals surface area contributed by atoms with Crippen molar-refractivity contribution in [2.75, 3.05) is 0 Å². The molecule has 0 unspecified atom stereocenters. The van der Waals surface area contributed by atoms with E-state index in [2.05, 4.69) is 12.6 Å². The van der Waals surface area contributed by atoms with Crippen LogP contribution in [0.3, 0.4) is 0 Å². The van der Waals surface area contributed by atoms with Crippen LogP contribution in [0.1, 0.15) is 0 Å². The molecule has 0 N–H and O–H groups in total. The summed E-state index contributed by atoms with van der Waals surface area (Å²) in [5, 5.41) is 8.63. The summed E-state index contributed by atoms with van der Waals surface area (Å²) < 4.78 is 0. The Bertz CT molecular complexity index is 29.5. The topological polar surface area (TPSA) is 23.8 Å². The van der Waals surface area contributed by atoms with E-state index in [0.717, 1.165) is 0 Å². The van der Waals surface area contributed by atoms with Crippen LogP contribution in [0.4, 0.5) is 0 Å². The second kappa shape index (κ2) is 9.88. The van der Waals surface area contributed by atoms with E-state index in [9.17, 15) is 0 Å². The molecule has 0 rings (SSSR count). The molecule has 0 aromatic rings. The number of rotatable bonds is 0. The third-order valence-electron chi connectivity index (χ3n) is 0. The molecule has 0 aromatic heterocycles. The van der Waals surface area contributed by atoms with Crippen molar-refractivity contribution in [2.24, 2.45) is 0 Å². The van der Waals surface area contributed by atoms with E-state index in [0.29, 0.717) is 0 Å². The van der Waals surface area contributed by atoms with Crippen molar-refractivity contribution in [3.8, 4) is 5.40 Å². The van der Waals surface area contributed by atoms with Gasteiger partial charge in [-0.05, 0) is 0 Å². The zero-order valence-corrected chi connectivity index (χ0v) is 2.29. The Labute approximate surface area is 42.6 Å². The van der Waals surface area contributed by atoms with Crippen LogP contribution in [-0.4, -0.2) is 18.9 Å². The van der Waals surface area contributed by atoms with Gasteiger partial charge in [0.1, 0.15) is 5.40 Å². The summed E-state index contributed by atoms with van der Waals surface area (Å²) in [6.45, 7) is 0. The molecule has 0 radical (unpaired) electrons. The summed E-state index contributed by atoms with van der Waals surface area (Å²) in [5.41, 5.74) is 0. The van der Waals surface area contributed by atoms with Crippen LogP contribution in [0, 0.1) is 10.7 Å². The molecule has 0 bridgehead atoms. The van der Waals surface area contributed by atoms with Crippen LogP contribution >= 0.6 is 12.6 Å². The van der Waals surface area contributed by atoms with Crippen molar-refractivity contribution in [1.29, 1.82) is 5.26 Å². The van der Waals surface area contributed by atoms with Gasteiger partial charge in [0.15, 0.2) is 0 Å². The third kappa shape index (κ3) is 26.3. The SMILES string of the molecule is N#CS.[LiH]. The molecule has 0 fully saturated rings. The fraction of sp³-hybridized carbons (Fsp3) is 0. The van der Waals surface area contributed by atoms with E-state index in [1.54, 1.807) is 0 Å². The van der Waals surface area contributed by atoms with Crippen LogP contribution in [0.2, 0.25) is 0 Å². The monoisotopic (exact) mass is 67.0 g/mol. The van der Waals surface area contributed by atoms with Gasteiger partial charge in [0, 0.05) is 0 Å². The molecule has 0 aromatic carbocycles. The maximum absolute atomic E-state index is 7.18. The number of nitrogens with zero attached hydrogens (tertiary/aromatic N) is 1. The van der Waals surface area contributed by atoms with Gasteiger partial charge in [0.2, 0.25) is 0 Å². The van der Waals surface area contributed by atoms with E-state index >= 15 is 0 Å². The van der Waals surface area contributed by atoms with Gasteiger partial charge in [-0.15, -0.1) is 0 Å². The standard InChI is InChI=1S/CHNS.Li.H/c2-1-3;;/h3H;;. The average Bonchev–Trinajstić information content (AvgIpc) is 0.918. The van der Waals surface area contributed by atoms with Crippen LogP contribution in [-0.2, 0) is 0 Å². The Morgan fingerprint density at radius 1 is 1.75 bits per heavy atom. The van der Waals surface area contributed by atoms with Crippen molar-refractivity contribution < 1.29 is 0 Å². The van der Waals surface area contributed by atoms with E-state index in [-0.39, 0.29) is 18.9 Å². The quantitative estimate of drug-likeness (QED) is 0.236. The van der Waals surface area contributed by atoms with Gasteiger partial charge in [0.25, 0.3) is 0 Å². The molecule has 1 nitrogen and oxygen atoms in total. The molecule has 0 aliphatic heterocycles. The first-order valence-corrected chi connectivity index (χ1v) is 0.894. The van der Waals surface area contributed by atoms with Gasteiger partial charge in [-0.2, -0.15) is 5.26 Å². The number of hydrogen-bond acceptors (Lipinski definition) is 2. The molecule has 4 heavy (non-hydrogen) atoms. The van der Waals surface area contributed by atoms with Gasteiger partial charge in [-0.25, -0.2) is 0 Å². The number of hydrogen-bond donors (Lipinski definition) is 1. The van der Waals surface area contributed by atoms with Crippen molar-refractivity contribution in [3.05, 3.63) is 0 Å². The van der Waals surface area contributed by atoms with Gasteiger partial charge >= 0.3 is 18.9 Å². The van der Waals surface area contributed by atoms with Crippen molar-refractivity contribution >= 4 is 31.5 Å². The van der Waals surface area contributed by atoms with E-state index < -0.39 is 0 Å². The van der Waals surface area contributed by atoms with Gasteiger partial charge in [0.05, 0.1) is 0 Å². The number of thiol groups is 1. The first kappa shape index (κ1) is 8.83. The summed E-state index contributed by atoms with van der Waals surface area (Å²) in [7, 11) is 0. The van der Waals surface area contributed by atoms with Crippen molar-refractivity contribution in [1.82, 2.24) is 0 Å². The Balaban J connectivity index is 0. The van der Waals surface area contributed by atoms with Crippen LogP contribution < -0.4 is 0 Å². The fourth-order valence-corrected chi connectivity index (χ4v) is 0. The van der Waals surface area contributed by atoms with Crippen molar-refractivity contribution in [2.45, 2.75) is 0 Å². The molecule has 0 spiro atoms. The van der Waals surface area contributed by atoms with Gasteiger partial charge < -0.3 is 0 Å². The molecule has 0 saturated carbocycles. The Hall–Kier alpha value is 0.437. The Morgan fingerprint density at radius 2 is 1.75 bits per heavy atom. The third-order valence-corrected chi connectivity index (χ3v) is 0. The summed E-state index contributed by atoms with van der Waals surface area (Å²) in [6, 6.07) is 0. The maximum atomic E-state index is 7.18. The molecule has 3 heteroatoms. The summed E-state index contributed by atoms with van der Waals surface area (Å²) in [4.78, 5) is 0. The van der Waals surface area contributed by atoms with Crippen LogP contribution in [0.5, 0.6) is 0 Å². The molecule has 0 atom stereocenters. The molecule has 0 amide bonds. The van der Waals surface area contributed by atoms with Gasteiger partial charge in [-0.3, -0.25) is 0 Å². The molecular weight excluding hydrogens is 65.0 g/mol. The minimum absolute atomic E-state index is 0. The van der Waals surface area contributed by atoms with E-state index in [4.69, 9.17) is 5.26 Å². The van der Waals surface area contributed by atoms with E-state index in [1.165, 1.54) is 5.40 Å². The molecule has 0 saturated heterocycles. The predicted molar refractivity (Wildman–Crippen MR) is 21.7 cm³/mol. The zero-order valence-electron chi connectivity index (χ0n) is 1.39. The summed E-state index contributed by atoms with van der Waals surface area (Å²) >= 11 is 3.09. The molecule has 18 valence electrons. The average molecular weight is 67.0 g/mol. The summed E-state index contributed by atoms with van der Waals surface area (Å²) in [6.07, 6.45) is 0. The van der Waals surface area contributed by atoms with Crippen LogP contribution in [0.15, 0.2) is 0 Å². The fourth-order valence-electron chi connectivity index (χ4n) is 0. The molecule has 0 aliphatic rings. The molecular formula is CH2LiNS. The van der Waals surface area contributed by atoms with Crippen molar-refractivity contribution in [3.63, 3.8) is 0 Å². The minimum atomic E-state index is 0. The first-order valence-electron chi connectivity index (χ1n) is 0.447. The first-order chi connectivity index (χ1) is 1.41. The normalized spacial score (nSPS) is 2.00. The zero-order chi connectivity index (χ0) is 2.71. The Morgan fingerprint density at radius 3 is 1.75 bits per heavy atom.